The summed E-state index contributed by atoms with van der Waals surface area (Å²) in [6.07, 6.45) is 1.75. The molecule has 0 saturated heterocycles. The summed E-state index contributed by atoms with van der Waals surface area (Å²) in [6, 6.07) is 1.48. The molecule has 1 nitrogen and oxygen atoms in total. The molecule has 0 fully saturated rings. The Kier molecular flexibility index (Phi) is 2.39. The van der Waals surface area contributed by atoms with Crippen molar-refractivity contribution in [1.82, 2.24) is 4.98 Å². The van der Waals surface area contributed by atoms with Gasteiger partial charge in [0.25, 0.3) is 0 Å². The van der Waals surface area contributed by atoms with E-state index in [-0.39, 0.29) is 10.5 Å². The van der Waals surface area contributed by atoms with Crippen LogP contribution in [0.3, 0.4) is 0 Å². The number of aromatic nitrogens is 1. The number of halogens is 1. The number of hydrogen-bond donors (Lipinski definition) is 1. The second-order valence-corrected chi connectivity index (χ2v) is 3.17. The van der Waals surface area contributed by atoms with Crippen LogP contribution in [0.5, 0.6) is 0 Å². The molecule has 0 radical (unpaired) electrons. The van der Waals surface area contributed by atoms with E-state index in [4.69, 9.17) is 0 Å². The van der Waals surface area contributed by atoms with Gasteiger partial charge in [0.05, 0.1) is 0 Å². The van der Waals surface area contributed by atoms with Crippen molar-refractivity contribution in [2.75, 3.05) is 0 Å². The van der Waals surface area contributed by atoms with E-state index in [0.29, 0.717) is 5.92 Å². The number of rotatable bonds is 1. The first kappa shape index (κ1) is 8.40. The molecule has 60 valence electrons. The maximum atomic E-state index is 12.8. The average Bonchev–Trinajstić information content (AvgIpc) is 1.94. The monoisotopic (exact) mass is 171 g/mol. The number of pyridine rings is 1. The number of hydrogen-bond acceptors (Lipinski definition) is 1. The Bertz CT molecular complexity index is 303. The highest BCUT2D eigenvalue weighted by Gasteiger charge is 2.00. The highest BCUT2D eigenvalue weighted by atomic mass is 32.1. The minimum atomic E-state index is -0.341. The average molecular weight is 171 g/mol. The third kappa shape index (κ3) is 1.87. The van der Waals surface area contributed by atoms with Crippen molar-refractivity contribution >= 4 is 12.2 Å². The minimum absolute atomic E-state index is 0.175. The predicted octanol–water partition coefficient (Wildman–Crippen LogP) is 3.01. The topological polar surface area (TPSA) is 15.8 Å². The van der Waals surface area contributed by atoms with E-state index in [9.17, 15) is 4.39 Å². The molecule has 1 rings (SSSR count). The Morgan fingerprint density at radius 3 is 2.64 bits per heavy atom. The molecule has 0 amide bonds. The lowest BCUT2D eigenvalue weighted by Crippen LogP contribution is -1.91. The zero-order chi connectivity index (χ0) is 8.43. The van der Waals surface area contributed by atoms with E-state index in [1.54, 1.807) is 6.20 Å². The summed E-state index contributed by atoms with van der Waals surface area (Å²) in [5.41, 5.74) is 0.941. The van der Waals surface area contributed by atoms with Gasteiger partial charge in [-0.3, -0.25) is 0 Å². The predicted molar refractivity (Wildman–Crippen MR) is 45.7 cm³/mol. The van der Waals surface area contributed by atoms with Crippen LogP contribution in [0, 0.1) is 10.5 Å². The summed E-state index contributed by atoms with van der Waals surface area (Å²) in [4.78, 5) is 2.69. The Labute approximate surface area is 70.3 Å². The molecule has 1 aromatic rings. The van der Waals surface area contributed by atoms with Crippen LogP contribution in [0.4, 0.5) is 4.39 Å². The molecule has 0 atom stereocenters. The molecule has 0 spiro atoms. The molecular formula is C8H10FNS. The van der Waals surface area contributed by atoms with E-state index in [1.807, 2.05) is 13.8 Å². The third-order valence-corrected chi connectivity index (χ3v) is 1.86. The Morgan fingerprint density at radius 1 is 1.55 bits per heavy atom. The van der Waals surface area contributed by atoms with Crippen molar-refractivity contribution in [1.29, 1.82) is 0 Å². The van der Waals surface area contributed by atoms with Crippen LogP contribution in [0.15, 0.2) is 12.3 Å². The highest BCUT2D eigenvalue weighted by Crippen LogP contribution is 2.13. The van der Waals surface area contributed by atoms with E-state index >= 15 is 0 Å². The van der Waals surface area contributed by atoms with Crippen LogP contribution in [0.2, 0.25) is 0 Å². The molecule has 0 bridgehead atoms. The van der Waals surface area contributed by atoms with Crippen molar-refractivity contribution in [3.63, 3.8) is 0 Å². The smallest absolute Gasteiger partial charge is 0.158 e. The van der Waals surface area contributed by atoms with Crippen LogP contribution in [0.1, 0.15) is 25.3 Å². The molecule has 11 heavy (non-hydrogen) atoms. The van der Waals surface area contributed by atoms with Crippen molar-refractivity contribution in [2.45, 2.75) is 19.8 Å². The fourth-order valence-electron chi connectivity index (χ4n) is 0.805. The normalized spacial score (nSPS) is 10.5. The van der Waals surface area contributed by atoms with Crippen LogP contribution in [-0.2, 0) is 0 Å². The van der Waals surface area contributed by atoms with Crippen molar-refractivity contribution in [3.8, 4) is 0 Å². The summed E-state index contributed by atoms with van der Waals surface area (Å²) >= 11 is 4.67. The van der Waals surface area contributed by atoms with Gasteiger partial charge in [0.15, 0.2) is 5.82 Å². The summed E-state index contributed by atoms with van der Waals surface area (Å²) in [6.45, 7) is 4.01. The number of nitrogens with one attached hydrogen (secondary N) is 1. The van der Waals surface area contributed by atoms with Gasteiger partial charge in [-0.2, -0.15) is 0 Å². The molecule has 0 aliphatic rings. The third-order valence-electron chi connectivity index (χ3n) is 1.55. The molecule has 1 heterocycles. The van der Waals surface area contributed by atoms with E-state index < -0.39 is 0 Å². The first-order chi connectivity index (χ1) is 5.11. The zero-order valence-corrected chi connectivity index (χ0v) is 7.33. The van der Waals surface area contributed by atoms with E-state index in [0.717, 1.165) is 5.56 Å². The molecule has 0 aromatic carbocycles. The molecule has 0 aliphatic heterocycles. The first-order valence-electron chi connectivity index (χ1n) is 3.49. The second-order valence-electron chi connectivity index (χ2n) is 2.76. The van der Waals surface area contributed by atoms with Gasteiger partial charge in [0.2, 0.25) is 0 Å². The molecule has 1 aromatic heterocycles. The van der Waals surface area contributed by atoms with Gasteiger partial charge in [0, 0.05) is 6.20 Å². The Balaban J connectivity index is 3.15. The maximum Gasteiger partial charge on any atom is 0.158 e. The molecule has 1 N–H and O–H groups in total. The standard InChI is InChI=1S/C8H10FNS/c1-5(2)6-3-7(9)8(11)10-4-6/h3-5H,1-2H3,(H,10,11). The molecule has 0 unspecified atom stereocenters. The summed E-state index contributed by atoms with van der Waals surface area (Å²) in [5.74, 6) is -0.0115. The highest BCUT2D eigenvalue weighted by molar-refractivity contribution is 7.71. The minimum Gasteiger partial charge on any atom is -0.350 e. The second kappa shape index (κ2) is 3.13. The zero-order valence-electron chi connectivity index (χ0n) is 6.52. The van der Waals surface area contributed by atoms with Gasteiger partial charge in [-0.05, 0) is 17.5 Å². The van der Waals surface area contributed by atoms with E-state index in [1.165, 1.54) is 6.07 Å². The molecule has 0 aliphatic carbocycles. The SMILES string of the molecule is CC(C)c1c[nH]c(=S)c(F)c1. The molecule has 0 saturated carbocycles. The van der Waals surface area contributed by atoms with Crippen LogP contribution in [0.25, 0.3) is 0 Å². The van der Waals surface area contributed by atoms with Crippen molar-refractivity contribution in [3.05, 3.63) is 28.3 Å². The maximum absolute atomic E-state index is 12.8. The van der Waals surface area contributed by atoms with Crippen molar-refractivity contribution < 1.29 is 4.39 Å². The largest absolute Gasteiger partial charge is 0.350 e. The van der Waals surface area contributed by atoms with Gasteiger partial charge in [-0.15, -0.1) is 0 Å². The van der Waals surface area contributed by atoms with Crippen LogP contribution in [-0.4, -0.2) is 4.98 Å². The van der Waals surface area contributed by atoms with Gasteiger partial charge in [-0.25, -0.2) is 4.39 Å². The number of aromatic amines is 1. The van der Waals surface area contributed by atoms with Gasteiger partial charge in [0.1, 0.15) is 4.64 Å². The molecule has 3 heteroatoms. The van der Waals surface area contributed by atoms with Gasteiger partial charge in [-0.1, -0.05) is 26.1 Å². The number of H-pyrrole nitrogens is 1. The lowest BCUT2D eigenvalue weighted by Gasteiger charge is -2.03. The lowest BCUT2D eigenvalue weighted by molar-refractivity contribution is 0.611. The summed E-state index contributed by atoms with van der Waals surface area (Å²) in [5, 5.41) is 0. The van der Waals surface area contributed by atoms with Gasteiger partial charge >= 0.3 is 0 Å². The first-order valence-corrected chi connectivity index (χ1v) is 3.90. The van der Waals surface area contributed by atoms with Crippen molar-refractivity contribution in [2.24, 2.45) is 0 Å². The lowest BCUT2D eigenvalue weighted by atomic mass is 10.1. The fourth-order valence-corrected chi connectivity index (χ4v) is 0.923. The Hall–Kier alpha value is -0.700. The molecular weight excluding hydrogens is 161 g/mol. The fraction of sp³-hybridized carbons (Fsp3) is 0.375. The quantitative estimate of drug-likeness (QED) is 0.642. The van der Waals surface area contributed by atoms with Gasteiger partial charge < -0.3 is 4.98 Å². The van der Waals surface area contributed by atoms with Crippen LogP contribution >= 0.6 is 12.2 Å². The summed E-state index contributed by atoms with van der Waals surface area (Å²) in [7, 11) is 0. The summed E-state index contributed by atoms with van der Waals surface area (Å²) < 4.78 is 13.0. The van der Waals surface area contributed by atoms with E-state index in [2.05, 4.69) is 17.2 Å². The Morgan fingerprint density at radius 2 is 2.18 bits per heavy atom. The van der Waals surface area contributed by atoms with Crippen LogP contribution < -0.4 is 0 Å².